The third-order valence-electron chi connectivity index (χ3n) is 3.40. The number of amides is 3. The lowest BCUT2D eigenvalue weighted by atomic mass is 10.1. The Kier molecular flexibility index (Phi) is 4.20. The normalized spacial score (nSPS) is 24.7. The van der Waals surface area contributed by atoms with E-state index in [-0.39, 0.29) is 25.0 Å². The number of urea groups is 1. The van der Waals surface area contributed by atoms with Crippen molar-refractivity contribution in [2.45, 2.75) is 24.9 Å². The molecule has 19 heavy (non-hydrogen) atoms. The molecule has 2 rings (SSSR count). The first kappa shape index (κ1) is 13.6. The number of aliphatic carboxylic acids is 1. The van der Waals surface area contributed by atoms with Gasteiger partial charge in [-0.05, 0) is 25.9 Å². The Morgan fingerprint density at radius 1 is 1.32 bits per heavy atom. The minimum atomic E-state index is -1.11. The zero-order valence-corrected chi connectivity index (χ0v) is 10.5. The summed E-state index contributed by atoms with van der Waals surface area (Å²) >= 11 is 0. The van der Waals surface area contributed by atoms with Gasteiger partial charge >= 0.3 is 12.0 Å². The summed E-state index contributed by atoms with van der Waals surface area (Å²) in [6, 6.07) is -1.44. The third-order valence-corrected chi connectivity index (χ3v) is 3.40. The predicted octanol–water partition coefficient (Wildman–Crippen LogP) is -1.67. The highest BCUT2D eigenvalue weighted by molar-refractivity contribution is 5.90. The van der Waals surface area contributed by atoms with Crippen LogP contribution < -0.4 is 16.0 Å². The maximum Gasteiger partial charge on any atom is 0.328 e. The van der Waals surface area contributed by atoms with E-state index in [2.05, 4.69) is 16.0 Å². The molecule has 2 saturated heterocycles. The maximum absolute atomic E-state index is 12.1. The van der Waals surface area contributed by atoms with E-state index < -0.39 is 18.0 Å². The van der Waals surface area contributed by atoms with Gasteiger partial charge in [-0.15, -0.1) is 0 Å². The van der Waals surface area contributed by atoms with Crippen LogP contribution in [0.2, 0.25) is 0 Å². The molecule has 1 atom stereocenters. The van der Waals surface area contributed by atoms with Crippen LogP contribution in [0.1, 0.15) is 12.8 Å². The van der Waals surface area contributed by atoms with E-state index in [1.807, 2.05) is 0 Å². The Bertz CT molecular complexity index is 381. The maximum atomic E-state index is 12.1. The van der Waals surface area contributed by atoms with Crippen LogP contribution in [0.5, 0.6) is 0 Å². The van der Waals surface area contributed by atoms with E-state index in [1.165, 1.54) is 0 Å². The second-order valence-electron chi connectivity index (χ2n) is 4.76. The van der Waals surface area contributed by atoms with Crippen molar-refractivity contribution in [3.8, 4) is 0 Å². The zero-order chi connectivity index (χ0) is 13.8. The number of hydrogen-bond acceptors (Lipinski definition) is 4. The molecular weight excluding hydrogens is 252 g/mol. The molecule has 0 aromatic carbocycles. The summed E-state index contributed by atoms with van der Waals surface area (Å²) in [5.74, 6) is -1.45. The number of hydrogen-bond donors (Lipinski definition) is 4. The first-order valence-electron chi connectivity index (χ1n) is 6.35. The number of carbonyl (C=O) groups is 3. The predicted molar refractivity (Wildman–Crippen MR) is 65.6 cm³/mol. The van der Waals surface area contributed by atoms with E-state index in [0.717, 1.165) is 30.8 Å². The summed E-state index contributed by atoms with van der Waals surface area (Å²) in [6.45, 7) is 1.39. The van der Waals surface area contributed by atoms with Crippen LogP contribution in [0.3, 0.4) is 0 Å². The van der Waals surface area contributed by atoms with Gasteiger partial charge in [-0.2, -0.15) is 0 Å². The number of carbonyl (C=O) groups excluding carboxylic acids is 2. The standard InChI is InChI=1S/C11H18N4O4/c16-9-6-15(8(5-13-9)10(17)18)11(19)14-7-1-3-12-4-2-7/h7-8,12H,1-6H2,(H,13,16)(H,14,19)(H,17,18). The minimum Gasteiger partial charge on any atom is -0.480 e. The van der Waals surface area contributed by atoms with Crippen LogP contribution in [0.15, 0.2) is 0 Å². The van der Waals surface area contributed by atoms with Crippen molar-refractivity contribution in [1.82, 2.24) is 20.9 Å². The molecule has 1 unspecified atom stereocenters. The van der Waals surface area contributed by atoms with Crippen LogP contribution in [0.25, 0.3) is 0 Å². The molecule has 2 aliphatic heterocycles. The van der Waals surface area contributed by atoms with Gasteiger partial charge in [0, 0.05) is 12.6 Å². The van der Waals surface area contributed by atoms with Gasteiger partial charge in [0.2, 0.25) is 5.91 Å². The molecule has 0 bridgehead atoms. The van der Waals surface area contributed by atoms with Crippen LogP contribution >= 0.6 is 0 Å². The topological polar surface area (TPSA) is 111 Å². The molecule has 0 aliphatic carbocycles. The summed E-state index contributed by atoms with van der Waals surface area (Å²) < 4.78 is 0. The molecule has 4 N–H and O–H groups in total. The number of nitrogens with one attached hydrogen (secondary N) is 3. The first-order chi connectivity index (χ1) is 9.08. The average Bonchev–Trinajstić information content (AvgIpc) is 2.39. The Balaban J connectivity index is 1.97. The van der Waals surface area contributed by atoms with Crippen molar-refractivity contribution < 1.29 is 19.5 Å². The second kappa shape index (κ2) is 5.87. The minimum absolute atomic E-state index is 0.0354. The summed E-state index contributed by atoms with van der Waals surface area (Å²) in [6.07, 6.45) is 1.62. The fraction of sp³-hybridized carbons (Fsp3) is 0.727. The molecular formula is C11H18N4O4. The highest BCUT2D eigenvalue weighted by atomic mass is 16.4. The number of nitrogens with zero attached hydrogens (tertiary/aromatic N) is 1. The van der Waals surface area contributed by atoms with E-state index >= 15 is 0 Å². The van der Waals surface area contributed by atoms with Gasteiger partial charge < -0.3 is 21.1 Å². The average molecular weight is 270 g/mol. The molecule has 8 nitrogen and oxygen atoms in total. The zero-order valence-electron chi connectivity index (χ0n) is 10.5. The quantitative estimate of drug-likeness (QED) is 0.479. The van der Waals surface area contributed by atoms with E-state index in [4.69, 9.17) is 5.11 Å². The summed E-state index contributed by atoms with van der Waals surface area (Å²) in [7, 11) is 0. The van der Waals surface area contributed by atoms with Gasteiger partial charge in [0.1, 0.15) is 12.6 Å². The van der Waals surface area contributed by atoms with Crippen LogP contribution in [-0.2, 0) is 9.59 Å². The summed E-state index contributed by atoms with van der Waals surface area (Å²) in [5.41, 5.74) is 0. The molecule has 0 spiro atoms. The fourth-order valence-electron chi connectivity index (χ4n) is 2.30. The molecule has 3 amide bonds. The molecule has 2 heterocycles. The Hall–Kier alpha value is -1.83. The monoisotopic (exact) mass is 270 g/mol. The number of rotatable bonds is 2. The van der Waals surface area contributed by atoms with E-state index in [0.29, 0.717) is 0 Å². The van der Waals surface area contributed by atoms with E-state index in [9.17, 15) is 14.4 Å². The van der Waals surface area contributed by atoms with Gasteiger partial charge in [0.05, 0.1) is 0 Å². The van der Waals surface area contributed by atoms with Crippen LogP contribution in [-0.4, -0.2) is 66.2 Å². The van der Waals surface area contributed by atoms with Gasteiger partial charge in [-0.3, -0.25) is 9.69 Å². The number of carboxylic acids is 1. The fourth-order valence-corrected chi connectivity index (χ4v) is 2.30. The Labute approximate surface area is 110 Å². The van der Waals surface area contributed by atoms with Crippen molar-refractivity contribution in [3.05, 3.63) is 0 Å². The Morgan fingerprint density at radius 2 is 2.00 bits per heavy atom. The van der Waals surface area contributed by atoms with Gasteiger partial charge in [-0.1, -0.05) is 0 Å². The molecule has 2 fully saturated rings. The molecule has 0 aromatic rings. The van der Waals surface area contributed by atoms with E-state index in [1.54, 1.807) is 0 Å². The lowest BCUT2D eigenvalue weighted by Gasteiger charge is -2.34. The second-order valence-corrected chi connectivity index (χ2v) is 4.76. The van der Waals surface area contributed by atoms with Crippen molar-refractivity contribution in [1.29, 1.82) is 0 Å². The van der Waals surface area contributed by atoms with Gasteiger partial charge in [0.25, 0.3) is 0 Å². The number of piperidine rings is 1. The van der Waals surface area contributed by atoms with Crippen molar-refractivity contribution in [2.75, 3.05) is 26.2 Å². The van der Waals surface area contributed by atoms with Crippen molar-refractivity contribution >= 4 is 17.9 Å². The van der Waals surface area contributed by atoms with Crippen molar-refractivity contribution in [3.63, 3.8) is 0 Å². The van der Waals surface area contributed by atoms with Crippen LogP contribution in [0, 0.1) is 0 Å². The highest BCUT2D eigenvalue weighted by Crippen LogP contribution is 2.08. The molecule has 106 valence electrons. The SMILES string of the molecule is O=C1CN(C(=O)NC2CCNCC2)C(C(=O)O)CN1. The van der Waals surface area contributed by atoms with Crippen molar-refractivity contribution in [2.24, 2.45) is 0 Å². The number of carboxylic acid groups (broad SMARTS) is 1. The largest absolute Gasteiger partial charge is 0.480 e. The lowest BCUT2D eigenvalue weighted by Crippen LogP contribution is -2.62. The number of piperazine rings is 1. The third kappa shape index (κ3) is 3.34. The highest BCUT2D eigenvalue weighted by Gasteiger charge is 2.35. The molecule has 2 aliphatic rings. The van der Waals surface area contributed by atoms with Crippen LogP contribution in [0.4, 0.5) is 4.79 Å². The van der Waals surface area contributed by atoms with Gasteiger partial charge in [0.15, 0.2) is 0 Å². The lowest BCUT2D eigenvalue weighted by molar-refractivity contribution is -0.144. The summed E-state index contributed by atoms with van der Waals surface area (Å²) in [4.78, 5) is 35.6. The smallest absolute Gasteiger partial charge is 0.328 e. The molecule has 0 radical (unpaired) electrons. The molecule has 8 heteroatoms. The molecule has 0 saturated carbocycles. The summed E-state index contributed by atoms with van der Waals surface area (Å²) in [5, 5.41) is 17.5. The van der Waals surface area contributed by atoms with Gasteiger partial charge in [-0.25, -0.2) is 9.59 Å². The molecule has 0 aromatic heterocycles. The first-order valence-corrected chi connectivity index (χ1v) is 6.35. The Morgan fingerprint density at radius 3 is 2.63 bits per heavy atom.